The van der Waals surface area contributed by atoms with Crippen molar-refractivity contribution in [1.82, 2.24) is 4.90 Å². The Morgan fingerprint density at radius 1 is 1.18 bits per heavy atom. The summed E-state index contributed by atoms with van der Waals surface area (Å²) in [7, 11) is -3.02. The van der Waals surface area contributed by atoms with Gasteiger partial charge in [0.05, 0.1) is 5.75 Å². The first kappa shape index (κ1) is 17.1. The van der Waals surface area contributed by atoms with Crippen molar-refractivity contribution in [2.75, 3.05) is 25.1 Å². The zero-order valence-corrected chi connectivity index (χ0v) is 14.2. The van der Waals surface area contributed by atoms with Crippen LogP contribution < -0.4 is 0 Å². The van der Waals surface area contributed by atoms with Gasteiger partial charge in [-0.1, -0.05) is 36.4 Å². The van der Waals surface area contributed by atoms with E-state index in [2.05, 4.69) is 0 Å². The fraction of sp³-hybridized carbons (Fsp3) is 0.375. The molecule has 1 aromatic heterocycles. The van der Waals surface area contributed by atoms with Gasteiger partial charge >= 0.3 is 0 Å². The summed E-state index contributed by atoms with van der Waals surface area (Å²) in [4.78, 5) is 2.89. The van der Waals surface area contributed by atoms with Gasteiger partial charge < -0.3 is 5.11 Å². The lowest BCUT2D eigenvalue weighted by atomic mass is 10.2. The molecule has 0 aliphatic rings. The molecule has 1 unspecified atom stereocenters. The van der Waals surface area contributed by atoms with E-state index in [0.29, 0.717) is 19.6 Å². The molecular weight excluding hydrogens is 318 g/mol. The highest BCUT2D eigenvalue weighted by molar-refractivity contribution is 7.90. The molecule has 1 heterocycles. The van der Waals surface area contributed by atoms with Crippen molar-refractivity contribution in [3.8, 4) is 0 Å². The molecule has 1 aromatic carbocycles. The molecule has 0 aliphatic heterocycles. The fourth-order valence-corrected chi connectivity index (χ4v) is 3.48. The summed E-state index contributed by atoms with van der Waals surface area (Å²) in [6.45, 7) is 1.46. The number of sulfone groups is 1. The van der Waals surface area contributed by atoms with Crippen LogP contribution >= 0.6 is 11.3 Å². The first-order valence-corrected chi connectivity index (χ1v) is 10.0. The van der Waals surface area contributed by atoms with Crippen LogP contribution in [0, 0.1) is 0 Å². The van der Waals surface area contributed by atoms with Crippen molar-refractivity contribution in [3.63, 3.8) is 0 Å². The van der Waals surface area contributed by atoms with Crippen molar-refractivity contribution in [2.45, 2.75) is 12.6 Å². The van der Waals surface area contributed by atoms with Crippen molar-refractivity contribution in [1.29, 1.82) is 0 Å². The van der Waals surface area contributed by atoms with Gasteiger partial charge in [-0.15, -0.1) is 11.3 Å². The zero-order valence-electron chi connectivity index (χ0n) is 12.6. The third-order valence-corrected chi connectivity index (χ3v) is 5.23. The molecule has 120 valence electrons. The zero-order chi connectivity index (χ0) is 16.0. The molecule has 0 radical (unpaired) electrons. The molecule has 0 spiro atoms. The molecule has 0 saturated carbocycles. The molecule has 22 heavy (non-hydrogen) atoms. The normalized spacial score (nSPS) is 13.4. The van der Waals surface area contributed by atoms with Crippen molar-refractivity contribution < 1.29 is 13.5 Å². The van der Waals surface area contributed by atoms with Crippen LogP contribution in [0.5, 0.6) is 0 Å². The van der Waals surface area contributed by atoms with Gasteiger partial charge in [0.25, 0.3) is 0 Å². The van der Waals surface area contributed by atoms with Gasteiger partial charge in [-0.3, -0.25) is 4.90 Å². The molecule has 1 atom stereocenters. The highest BCUT2D eigenvalue weighted by Crippen LogP contribution is 2.20. The van der Waals surface area contributed by atoms with Gasteiger partial charge in [0.1, 0.15) is 15.9 Å². The van der Waals surface area contributed by atoms with Gasteiger partial charge in [0, 0.05) is 30.8 Å². The van der Waals surface area contributed by atoms with E-state index in [4.69, 9.17) is 0 Å². The number of aliphatic hydroxyl groups excluding tert-OH is 1. The topological polar surface area (TPSA) is 57.6 Å². The predicted molar refractivity (Wildman–Crippen MR) is 90.7 cm³/mol. The quantitative estimate of drug-likeness (QED) is 0.802. The smallest absolute Gasteiger partial charge is 0.148 e. The average Bonchev–Trinajstić information content (AvgIpc) is 2.99. The second-order valence-corrected chi connectivity index (χ2v) is 8.62. The maximum atomic E-state index is 11.4. The SMILES string of the molecule is CS(=O)(=O)CCN(Cc1ccccc1)CC(O)c1cccs1. The number of nitrogens with zero attached hydrogens (tertiary/aromatic N) is 1. The van der Waals surface area contributed by atoms with E-state index in [9.17, 15) is 13.5 Å². The summed E-state index contributed by atoms with van der Waals surface area (Å²) < 4.78 is 22.8. The van der Waals surface area contributed by atoms with E-state index in [-0.39, 0.29) is 5.75 Å². The minimum Gasteiger partial charge on any atom is -0.386 e. The first-order chi connectivity index (χ1) is 10.4. The van der Waals surface area contributed by atoms with Gasteiger partial charge in [-0.05, 0) is 17.0 Å². The van der Waals surface area contributed by atoms with Gasteiger partial charge in [-0.25, -0.2) is 8.42 Å². The maximum Gasteiger partial charge on any atom is 0.148 e. The van der Waals surface area contributed by atoms with E-state index in [0.717, 1.165) is 10.4 Å². The molecular formula is C16H21NO3S2. The molecule has 0 fully saturated rings. The van der Waals surface area contributed by atoms with Gasteiger partial charge in [-0.2, -0.15) is 0 Å². The highest BCUT2D eigenvalue weighted by Gasteiger charge is 2.16. The van der Waals surface area contributed by atoms with Crippen LogP contribution in [0.2, 0.25) is 0 Å². The monoisotopic (exact) mass is 339 g/mol. The Morgan fingerprint density at radius 2 is 1.91 bits per heavy atom. The van der Waals surface area contributed by atoms with Crippen LogP contribution in [-0.4, -0.2) is 43.5 Å². The molecule has 4 nitrogen and oxygen atoms in total. The summed E-state index contributed by atoms with van der Waals surface area (Å²) in [6.07, 6.45) is 0.645. The van der Waals surface area contributed by atoms with E-state index < -0.39 is 15.9 Å². The number of hydrogen-bond donors (Lipinski definition) is 1. The Balaban J connectivity index is 2.03. The van der Waals surface area contributed by atoms with E-state index in [1.807, 2.05) is 52.7 Å². The minimum absolute atomic E-state index is 0.0942. The number of thiophene rings is 1. The van der Waals surface area contributed by atoms with E-state index in [1.165, 1.54) is 17.6 Å². The average molecular weight is 339 g/mol. The summed E-state index contributed by atoms with van der Waals surface area (Å²) in [6, 6.07) is 13.7. The molecule has 0 aliphatic carbocycles. The minimum atomic E-state index is -3.02. The number of rotatable bonds is 8. The second kappa shape index (κ2) is 7.87. The Morgan fingerprint density at radius 3 is 2.50 bits per heavy atom. The van der Waals surface area contributed by atoms with Crippen LogP contribution in [0.4, 0.5) is 0 Å². The molecule has 1 N–H and O–H groups in total. The molecule has 2 aromatic rings. The summed E-state index contributed by atoms with van der Waals surface area (Å²) >= 11 is 1.51. The lowest BCUT2D eigenvalue weighted by Crippen LogP contribution is -2.32. The summed E-state index contributed by atoms with van der Waals surface area (Å²) in [5.41, 5.74) is 1.11. The first-order valence-electron chi connectivity index (χ1n) is 7.09. The van der Waals surface area contributed by atoms with E-state index in [1.54, 1.807) is 0 Å². The Hall–Kier alpha value is -1.21. The lowest BCUT2D eigenvalue weighted by Gasteiger charge is -2.24. The van der Waals surface area contributed by atoms with Crippen LogP contribution in [-0.2, 0) is 16.4 Å². The molecule has 6 heteroatoms. The molecule has 0 saturated heterocycles. The molecule has 0 amide bonds. The van der Waals surface area contributed by atoms with E-state index >= 15 is 0 Å². The molecule has 2 rings (SSSR count). The Labute approximate surface area is 135 Å². The largest absolute Gasteiger partial charge is 0.386 e. The standard InChI is InChI=1S/C16H21NO3S2/c1-22(19,20)11-9-17(12-14-6-3-2-4-7-14)13-15(18)16-8-5-10-21-16/h2-8,10,15,18H,9,11-13H2,1H3. The third kappa shape index (κ3) is 5.88. The van der Waals surface area contributed by atoms with Crippen molar-refractivity contribution in [3.05, 3.63) is 58.3 Å². The van der Waals surface area contributed by atoms with Crippen molar-refractivity contribution in [2.24, 2.45) is 0 Å². The van der Waals surface area contributed by atoms with Gasteiger partial charge in [0.15, 0.2) is 0 Å². The Bertz CT molecular complexity index is 654. The highest BCUT2D eigenvalue weighted by atomic mass is 32.2. The number of benzene rings is 1. The number of hydrogen-bond acceptors (Lipinski definition) is 5. The third-order valence-electron chi connectivity index (χ3n) is 3.33. The summed E-state index contributed by atoms with van der Waals surface area (Å²) in [5.74, 6) is 0.0942. The maximum absolute atomic E-state index is 11.4. The predicted octanol–water partition coefficient (Wildman–Crippen LogP) is 2.33. The van der Waals surface area contributed by atoms with Crippen LogP contribution in [0.25, 0.3) is 0 Å². The Kier molecular flexibility index (Phi) is 6.14. The lowest BCUT2D eigenvalue weighted by molar-refractivity contribution is 0.115. The summed E-state index contributed by atoms with van der Waals surface area (Å²) in [5, 5.41) is 12.2. The van der Waals surface area contributed by atoms with Crippen LogP contribution in [0.1, 0.15) is 16.5 Å². The van der Waals surface area contributed by atoms with Crippen molar-refractivity contribution >= 4 is 21.2 Å². The van der Waals surface area contributed by atoms with Crippen LogP contribution in [0.3, 0.4) is 0 Å². The van der Waals surface area contributed by atoms with Crippen LogP contribution in [0.15, 0.2) is 47.8 Å². The number of aliphatic hydroxyl groups is 1. The second-order valence-electron chi connectivity index (χ2n) is 5.38. The molecule has 0 bridgehead atoms. The van der Waals surface area contributed by atoms with Gasteiger partial charge in [0.2, 0.25) is 0 Å². The fourth-order valence-electron chi connectivity index (χ4n) is 2.19.